The van der Waals surface area contributed by atoms with E-state index in [9.17, 15) is 4.79 Å². The van der Waals surface area contributed by atoms with Crippen LogP contribution in [0.3, 0.4) is 0 Å². The Hall–Kier alpha value is -2.07. The number of hydrogen-bond donors (Lipinski definition) is 0. The van der Waals surface area contributed by atoms with Gasteiger partial charge in [0.25, 0.3) is 0 Å². The molecule has 3 nitrogen and oxygen atoms in total. The second-order valence-electron chi connectivity index (χ2n) is 4.05. The van der Waals surface area contributed by atoms with Gasteiger partial charge in [0.2, 0.25) is 5.78 Å². The smallest absolute Gasteiger partial charge is 0.232 e. The summed E-state index contributed by atoms with van der Waals surface area (Å²) in [4.78, 5) is 13.2. The van der Waals surface area contributed by atoms with Crippen LogP contribution in [0.1, 0.15) is 22.2 Å². The molecule has 0 atom stereocenters. The van der Waals surface area contributed by atoms with Gasteiger partial charge in [-0.3, -0.25) is 4.79 Å². The maximum absolute atomic E-state index is 12.2. The summed E-state index contributed by atoms with van der Waals surface area (Å²) < 4.78 is 11.0. The van der Waals surface area contributed by atoms with Crippen LogP contribution in [-0.2, 0) is 0 Å². The molecule has 0 bridgehead atoms. The van der Waals surface area contributed by atoms with Gasteiger partial charge in [-0.25, -0.2) is 0 Å². The van der Waals surface area contributed by atoms with Crippen LogP contribution in [0.4, 0.5) is 0 Å². The Labute approximate surface area is 115 Å². The lowest BCUT2D eigenvalue weighted by Gasteiger charge is -2.03. The van der Waals surface area contributed by atoms with Crippen molar-refractivity contribution in [3.63, 3.8) is 0 Å². The molecule has 96 valence electrons. The molecule has 0 N–H and O–H groups in total. The van der Waals surface area contributed by atoms with Gasteiger partial charge in [-0.15, -0.1) is 11.3 Å². The van der Waals surface area contributed by atoms with Gasteiger partial charge in [0.05, 0.1) is 12.2 Å². The van der Waals surface area contributed by atoms with E-state index in [4.69, 9.17) is 9.47 Å². The average Bonchev–Trinajstić information content (AvgIpc) is 3.00. The molecule has 2 aromatic rings. The Morgan fingerprint density at radius 1 is 1.37 bits per heavy atom. The van der Waals surface area contributed by atoms with Crippen molar-refractivity contribution in [1.82, 2.24) is 0 Å². The number of fused-ring (bicyclic) bond motifs is 1. The summed E-state index contributed by atoms with van der Waals surface area (Å²) in [5, 5.41) is 1.96. The van der Waals surface area contributed by atoms with E-state index in [0.717, 1.165) is 4.88 Å². The van der Waals surface area contributed by atoms with Crippen molar-refractivity contribution in [3.05, 3.63) is 51.9 Å². The monoisotopic (exact) mass is 272 g/mol. The number of Topliss-reactive ketones (excluding diaryl/α,β-unsaturated/α-hetero) is 1. The molecular formula is C15H12O3S. The van der Waals surface area contributed by atoms with Gasteiger partial charge in [0.15, 0.2) is 5.76 Å². The van der Waals surface area contributed by atoms with Crippen LogP contribution in [-0.4, -0.2) is 12.4 Å². The predicted molar refractivity (Wildman–Crippen MR) is 74.9 cm³/mol. The van der Waals surface area contributed by atoms with Gasteiger partial charge in [-0.05, 0) is 30.5 Å². The molecule has 0 saturated heterocycles. The highest BCUT2D eigenvalue weighted by Crippen LogP contribution is 2.35. The number of ketones is 1. The lowest BCUT2D eigenvalue weighted by atomic mass is 10.1. The van der Waals surface area contributed by atoms with E-state index < -0.39 is 0 Å². The number of thiophene rings is 1. The molecule has 1 aromatic carbocycles. The van der Waals surface area contributed by atoms with E-state index >= 15 is 0 Å². The Morgan fingerprint density at radius 2 is 2.26 bits per heavy atom. The SMILES string of the molecule is CCOc1ccc2c(c1)OC(=Cc1cccs1)C2=O. The number of hydrogen-bond acceptors (Lipinski definition) is 4. The number of allylic oxidation sites excluding steroid dienone is 1. The van der Waals surface area contributed by atoms with Crippen LogP contribution < -0.4 is 9.47 Å². The fourth-order valence-corrected chi connectivity index (χ4v) is 2.57. The van der Waals surface area contributed by atoms with Gasteiger partial charge < -0.3 is 9.47 Å². The molecule has 1 aliphatic heterocycles. The van der Waals surface area contributed by atoms with Crippen molar-refractivity contribution in [2.45, 2.75) is 6.92 Å². The molecule has 0 radical (unpaired) electrons. The zero-order chi connectivity index (χ0) is 13.2. The van der Waals surface area contributed by atoms with Gasteiger partial charge in [0, 0.05) is 17.0 Å². The quantitative estimate of drug-likeness (QED) is 0.798. The third-order valence-corrected chi connectivity index (χ3v) is 3.59. The van der Waals surface area contributed by atoms with Crippen molar-refractivity contribution in [2.75, 3.05) is 6.61 Å². The fraction of sp³-hybridized carbons (Fsp3) is 0.133. The molecule has 0 spiro atoms. The van der Waals surface area contributed by atoms with Crippen molar-refractivity contribution in [2.24, 2.45) is 0 Å². The third-order valence-electron chi connectivity index (χ3n) is 2.77. The third kappa shape index (κ3) is 2.27. The first-order chi connectivity index (χ1) is 9.28. The molecule has 4 heteroatoms. The van der Waals surface area contributed by atoms with Gasteiger partial charge in [-0.1, -0.05) is 6.07 Å². The number of rotatable bonds is 3. The molecule has 0 amide bonds. The number of carbonyl (C=O) groups is 1. The largest absolute Gasteiger partial charge is 0.494 e. The van der Waals surface area contributed by atoms with Crippen LogP contribution in [0.25, 0.3) is 6.08 Å². The van der Waals surface area contributed by atoms with Gasteiger partial charge >= 0.3 is 0 Å². The number of carbonyl (C=O) groups excluding carboxylic acids is 1. The van der Waals surface area contributed by atoms with Crippen LogP contribution in [0.15, 0.2) is 41.5 Å². The van der Waals surface area contributed by atoms with E-state index in [-0.39, 0.29) is 5.78 Å². The Balaban J connectivity index is 1.93. The summed E-state index contributed by atoms with van der Waals surface area (Å²) in [5.74, 6) is 1.57. The van der Waals surface area contributed by atoms with Crippen LogP contribution in [0, 0.1) is 0 Å². The van der Waals surface area contributed by atoms with Gasteiger partial charge in [0.1, 0.15) is 11.5 Å². The second-order valence-corrected chi connectivity index (χ2v) is 5.03. The number of ether oxygens (including phenoxy) is 2. The number of benzene rings is 1. The fourth-order valence-electron chi connectivity index (χ4n) is 1.93. The zero-order valence-electron chi connectivity index (χ0n) is 10.4. The molecule has 3 rings (SSSR count). The first-order valence-corrected chi connectivity index (χ1v) is 6.90. The first-order valence-electron chi connectivity index (χ1n) is 6.02. The second kappa shape index (κ2) is 4.90. The van der Waals surface area contributed by atoms with Crippen molar-refractivity contribution < 1.29 is 14.3 Å². The van der Waals surface area contributed by atoms with Crippen molar-refractivity contribution in [3.8, 4) is 11.5 Å². The summed E-state index contributed by atoms with van der Waals surface area (Å²) in [7, 11) is 0. The maximum atomic E-state index is 12.2. The molecular weight excluding hydrogens is 260 g/mol. The summed E-state index contributed by atoms with van der Waals surface area (Å²) in [6.45, 7) is 2.51. The van der Waals surface area contributed by atoms with E-state index in [2.05, 4.69) is 0 Å². The van der Waals surface area contributed by atoms with Crippen molar-refractivity contribution >= 4 is 23.2 Å². The van der Waals surface area contributed by atoms with E-state index in [0.29, 0.717) is 29.4 Å². The molecule has 19 heavy (non-hydrogen) atoms. The van der Waals surface area contributed by atoms with Gasteiger partial charge in [-0.2, -0.15) is 0 Å². The summed E-state index contributed by atoms with van der Waals surface area (Å²) in [5.41, 5.74) is 0.589. The topological polar surface area (TPSA) is 35.5 Å². The normalized spacial score (nSPS) is 15.4. The first kappa shape index (κ1) is 12.0. The maximum Gasteiger partial charge on any atom is 0.232 e. The average molecular weight is 272 g/mol. The minimum absolute atomic E-state index is 0.0774. The van der Waals surface area contributed by atoms with E-state index in [1.165, 1.54) is 0 Å². The minimum Gasteiger partial charge on any atom is -0.494 e. The van der Waals surface area contributed by atoms with Crippen LogP contribution in [0.2, 0.25) is 0 Å². The van der Waals surface area contributed by atoms with E-state index in [1.54, 1.807) is 35.6 Å². The highest BCUT2D eigenvalue weighted by atomic mass is 32.1. The summed E-state index contributed by atoms with van der Waals surface area (Å²) in [6, 6.07) is 9.18. The zero-order valence-corrected chi connectivity index (χ0v) is 11.2. The summed E-state index contributed by atoms with van der Waals surface area (Å²) in [6.07, 6.45) is 1.77. The van der Waals surface area contributed by atoms with Crippen LogP contribution in [0.5, 0.6) is 11.5 Å². The highest BCUT2D eigenvalue weighted by Gasteiger charge is 2.27. The minimum atomic E-state index is -0.0774. The summed E-state index contributed by atoms with van der Waals surface area (Å²) >= 11 is 1.57. The lowest BCUT2D eigenvalue weighted by Crippen LogP contribution is -1.97. The van der Waals surface area contributed by atoms with E-state index in [1.807, 2.05) is 24.4 Å². The molecule has 1 aromatic heterocycles. The molecule has 0 unspecified atom stereocenters. The molecule has 2 heterocycles. The highest BCUT2D eigenvalue weighted by molar-refractivity contribution is 7.10. The molecule has 0 aliphatic carbocycles. The predicted octanol–water partition coefficient (Wildman–Crippen LogP) is 3.76. The standard InChI is InChI=1S/C15H12O3S/c1-2-17-10-5-6-12-13(8-10)18-14(15(12)16)9-11-4-3-7-19-11/h3-9H,2H2,1H3. The molecule has 0 fully saturated rings. The molecule has 1 aliphatic rings. The Kier molecular flexibility index (Phi) is 3.09. The van der Waals surface area contributed by atoms with Crippen molar-refractivity contribution in [1.29, 1.82) is 0 Å². The van der Waals surface area contributed by atoms with Crippen LogP contribution >= 0.6 is 11.3 Å². The lowest BCUT2D eigenvalue weighted by molar-refractivity contribution is 0.101. The Morgan fingerprint density at radius 3 is 3.00 bits per heavy atom. The Bertz CT molecular complexity index is 641. The molecule has 0 saturated carbocycles.